The number of nitrogens with zero attached hydrogens (tertiary/aromatic N) is 6. The van der Waals surface area contributed by atoms with Gasteiger partial charge in [0, 0.05) is 84.1 Å². The van der Waals surface area contributed by atoms with Crippen molar-refractivity contribution >= 4 is 17.8 Å². The van der Waals surface area contributed by atoms with Crippen molar-refractivity contribution in [3.05, 3.63) is 59.3 Å². The van der Waals surface area contributed by atoms with Crippen LogP contribution in [-0.2, 0) is 24.3 Å². The standard InChI is InChI=1S/C31H42N6O3/c38-28(22-33-14-9-25-5-1-2-6-27(25)21-33)23-37-18-17-36(31(37)40)20-24-7-8-29(32-19-24)34-15-10-26(11-16-34)30(39)35-12-3-4-13-35/h1-2,5-8,19,26,28,38H,3-4,9-18,20-23H2/t28-/m1/s1. The lowest BCUT2D eigenvalue weighted by molar-refractivity contribution is -0.135. The Morgan fingerprint density at radius 2 is 1.65 bits per heavy atom. The van der Waals surface area contributed by atoms with Crippen molar-refractivity contribution in [2.24, 2.45) is 5.92 Å². The zero-order valence-corrected chi connectivity index (χ0v) is 23.5. The molecule has 1 atom stereocenters. The summed E-state index contributed by atoms with van der Waals surface area (Å²) in [6.45, 7) is 8.09. The van der Waals surface area contributed by atoms with E-state index in [2.05, 4.69) is 40.1 Å². The first-order valence-corrected chi connectivity index (χ1v) is 15.0. The molecule has 40 heavy (non-hydrogen) atoms. The van der Waals surface area contributed by atoms with Crippen molar-refractivity contribution < 1.29 is 14.7 Å². The van der Waals surface area contributed by atoms with Crippen molar-refractivity contribution in [3.63, 3.8) is 0 Å². The smallest absolute Gasteiger partial charge is 0.320 e. The molecule has 6 rings (SSSR count). The second-order valence-corrected chi connectivity index (χ2v) is 11.9. The fourth-order valence-corrected chi connectivity index (χ4v) is 6.74. The van der Waals surface area contributed by atoms with Crippen molar-refractivity contribution in [2.75, 3.05) is 63.8 Å². The number of anilines is 1. The highest BCUT2D eigenvalue weighted by molar-refractivity contribution is 5.79. The number of pyridine rings is 1. The monoisotopic (exact) mass is 546 g/mol. The minimum atomic E-state index is -0.565. The first-order valence-electron chi connectivity index (χ1n) is 15.0. The lowest BCUT2D eigenvalue weighted by Gasteiger charge is -2.34. The van der Waals surface area contributed by atoms with Gasteiger partial charge in [-0.05, 0) is 54.9 Å². The minimum absolute atomic E-state index is 0.0168. The molecule has 0 saturated carbocycles. The molecule has 0 unspecified atom stereocenters. The zero-order valence-electron chi connectivity index (χ0n) is 23.5. The highest BCUT2D eigenvalue weighted by Crippen LogP contribution is 2.25. The summed E-state index contributed by atoms with van der Waals surface area (Å²) >= 11 is 0. The number of aliphatic hydroxyl groups excluding tert-OH is 1. The molecule has 4 aliphatic rings. The molecule has 1 aromatic carbocycles. The Hall–Kier alpha value is -3.17. The number of fused-ring (bicyclic) bond motifs is 1. The SMILES string of the molecule is O=C(C1CCN(c2ccc(CN3CCN(C[C@H](O)CN4CCc5ccccc5C4)C3=O)cn2)CC1)N1CCCC1. The van der Waals surface area contributed by atoms with E-state index in [0.717, 1.165) is 82.8 Å². The van der Waals surface area contributed by atoms with Gasteiger partial charge in [0.1, 0.15) is 5.82 Å². The lowest BCUT2D eigenvalue weighted by atomic mass is 9.95. The number of hydrogen-bond donors (Lipinski definition) is 1. The van der Waals surface area contributed by atoms with Crippen LogP contribution in [0, 0.1) is 5.92 Å². The number of aromatic nitrogens is 1. The molecule has 1 aromatic heterocycles. The van der Waals surface area contributed by atoms with Crippen LogP contribution in [0.4, 0.5) is 10.6 Å². The highest BCUT2D eigenvalue weighted by atomic mass is 16.3. The molecule has 4 aliphatic heterocycles. The highest BCUT2D eigenvalue weighted by Gasteiger charge is 2.32. The lowest BCUT2D eigenvalue weighted by Crippen LogP contribution is -2.43. The van der Waals surface area contributed by atoms with E-state index in [-0.39, 0.29) is 11.9 Å². The molecular weight excluding hydrogens is 504 g/mol. The average Bonchev–Trinajstić information content (AvgIpc) is 3.64. The van der Waals surface area contributed by atoms with Gasteiger partial charge in [0.2, 0.25) is 5.91 Å². The number of urea groups is 1. The Morgan fingerprint density at radius 1 is 0.900 bits per heavy atom. The molecule has 0 aliphatic carbocycles. The quantitative estimate of drug-likeness (QED) is 0.548. The maximum atomic E-state index is 13.1. The minimum Gasteiger partial charge on any atom is -0.390 e. The van der Waals surface area contributed by atoms with Crippen LogP contribution in [0.2, 0.25) is 0 Å². The Bertz CT molecular complexity index is 1180. The average molecular weight is 547 g/mol. The first kappa shape index (κ1) is 27.0. The second kappa shape index (κ2) is 12.1. The summed E-state index contributed by atoms with van der Waals surface area (Å²) in [6, 6.07) is 12.6. The molecular formula is C31H42N6O3. The third-order valence-corrected chi connectivity index (χ3v) is 9.06. The number of likely N-dealkylation sites (tertiary alicyclic amines) is 1. The topological polar surface area (TPSA) is 83.5 Å². The third-order valence-electron chi connectivity index (χ3n) is 9.06. The van der Waals surface area contributed by atoms with E-state index in [4.69, 9.17) is 4.98 Å². The number of hydrogen-bond acceptors (Lipinski definition) is 6. The fraction of sp³-hybridized carbons (Fsp3) is 0.581. The van der Waals surface area contributed by atoms with Crippen molar-refractivity contribution in [1.82, 2.24) is 24.6 Å². The van der Waals surface area contributed by atoms with Gasteiger partial charge >= 0.3 is 6.03 Å². The van der Waals surface area contributed by atoms with Gasteiger partial charge in [-0.25, -0.2) is 9.78 Å². The van der Waals surface area contributed by atoms with Crippen LogP contribution in [-0.4, -0.2) is 107 Å². The number of carbonyl (C=O) groups is 2. The largest absolute Gasteiger partial charge is 0.390 e. The van der Waals surface area contributed by atoms with E-state index in [9.17, 15) is 14.7 Å². The molecule has 5 heterocycles. The number of amides is 3. The predicted octanol–water partition coefficient (Wildman–Crippen LogP) is 2.58. The molecule has 2 aromatic rings. The van der Waals surface area contributed by atoms with E-state index in [0.29, 0.717) is 38.6 Å². The molecule has 9 nitrogen and oxygen atoms in total. The summed E-state index contributed by atoms with van der Waals surface area (Å²) in [4.78, 5) is 40.7. The van der Waals surface area contributed by atoms with Crippen molar-refractivity contribution in [3.8, 4) is 0 Å². The number of piperidine rings is 1. The fourth-order valence-electron chi connectivity index (χ4n) is 6.74. The van der Waals surface area contributed by atoms with E-state index in [1.54, 1.807) is 4.90 Å². The maximum absolute atomic E-state index is 13.1. The number of aliphatic hydroxyl groups is 1. The number of β-amino-alcohol motifs (C(OH)–C–C–N with tert-alkyl or cyclic N) is 1. The van der Waals surface area contributed by atoms with Crippen molar-refractivity contribution in [1.29, 1.82) is 0 Å². The molecule has 0 spiro atoms. The molecule has 3 amide bonds. The summed E-state index contributed by atoms with van der Waals surface area (Å²) in [6.07, 6.45) is 6.35. The van der Waals surface area contributed by atoms with Crippen molar-refractivity contribution in [2.45, 2.75) is 51.3 Å². The third kappa shape index (κ3) is 6.10. The zero-order chi connectivity index (χ0) is 27.5. The molecule has 1 N–H and O–H groups in total. The van der Waals surface area contributed by atoms with Crippen LogP contribution in [0.3, 0.4) is 0 Å². The van der Waals surface area contributed by atoms with Crippen LogP contribution in [0.15, 0.2) is 42.6 Å². The van der Waals surface area contributed by atoms with Crippen LogP contribution in [0.1, 0.15) is 42.4 Å². The van der Waals surface area contributed by atoms with Gasteiger partial charge in [0.15, 0.2) is 0 Å². The Morgan fingerprint density at radius 3 is 2.40 bits per heavy atom. The van der Waals surface area contributed by atoms with Crippen LogP contribution < -0.4 is 4.90 Å². The molecule has 0 bridgehead atoms. The maximum Gasteiger partial charge on any atom is 0.320 e. The molecule has 214 valence electrons. The van der Waals surface area contributed by atoms with E-state index >= 15 is 0 Å². The summed E-state index contributed by atoms with van der Waals surface area (Å²) in [5.41, 5.74) is 3.74. The predicted molar refractivity (Wildman–Crippen MR) is 154 cm³/mol. The van der Waals surface area contributed by atoms with Gasteiger partial charge in [0.25, 0.3) is 0 Å². The van der Waals surface area contributed by atoms with Crippen LogP contribution in [0.25, 0.3) is 0 Å². The van der Waals surface area contributed by atoms with Crippen LogP contribution >= 0.6 is 0 Å². The summed E-state index contributed by atoms with van der Waals surface area (Å²) in [7, 11) is 0. The Labute approximate surface area is 237 Å². The van der Waals surface area contributed by atoms with E-state index < -0.39 is 6.10 Å². The van der Waals surface area contributed by atoms with E-state index in [1.165, 1.54) is 11.1 Å². The molecule has 3 fully saturated rings. The molecule has 9 heteroatoms. The van der Waals surface area contributed by atoms with Gasteiger partial charge < -0.3 is 24.7 Å². The van der Waals surface area contributed by atoms with Gasteiger partial charge in [0.05, 0.1) is 6.10 Å². The number of benzene rings is 1. The van der Waals surface area contributed by atoms with Gasteiger partial charge in [-0.2, -0.15) is 0 Å². The summed E-state index contributed by atoms with van der Waals surface area (Å²) in [5, 5.41) is 10.8. The molecule has 3 saturated heterocycles. The van der Waals surface area contributed by atoms with Crippen LogP contribution in [0.5, 0.6) is 0 Å². The van der Waals surface area contributed by atoms with Gasteiger partial charge in [-0.15, -0.1) is 0 Å². The summed E-state index contributed by atoms with van der Waals surface area (Å²) in [5.74, 6) is 1.43. The van der Waals surface area contributed by atoms with Gasteiger partial charge in [-0.3, -0.25) is 9.69 Å². The second-order valence-electron chi connectivity index (χ2n) is 11.9. The van der Waals surface area contributed by atoms with Gasteiger partial charge in [-0.1, -0.05) is 30.3 Å². The summed E-state index contributed by atoms with van der Waals surface area (Å²) < 4.78 is 0. The normalized spacial score (nSPS) is 21.3. The van der Waals surface area contributed by atoms with E-state index in [1.807, 2.05) is 22.1 Å². The Balaban J connectivity index is 0.947. The molecule has 0 radical (unpaired) electrons. The number of carbonyl (C=O) groups excluding carboxylic acids is 2. The Kier molecular flexibility index (Phi) is 8.20. The number of rotatable bonds is 8. The first-order chi connectivity index (χ1) is 19.5.